The molecule has 0 amide bonds. The summed E-state index contributed by atoms with van der Waals surface area (Å²) in [5.74, 6) is 0.185. The minimum Gasteiger partial charge on any atom is -0.508 e. The highest BCUT2D eigenvalue weighted by Crippen LogP contribution is 2.22. The Morgan fingerprint density at radius 1 is 0.938 bits per heavy atom. The van der Waals surface area contributed by atoms with Gasteiger partial charge in [0.25, 0.3) is 0 Å². The summed E-state index contributed by atoms with van der Waals surface area (Å²) in [6, 6.07) is 10.4. The number of rotatable bonds is 0. The zero-order valence-corrected chi connectivity index (χ0v) is 8.38. The van der Waals surface area contributed by atoms with Gasteiger partial charge in [-0.3, -0.25) is 0 Å². The summed E-state index contributed by atoms with van der Waals surface area (Å²) in [5.41, 5.74) is 9.26. The molecule has 2 aromatic carbocycles. The monoisotopic (exact) mass is 211 g/mol. The maximum atomic E-state index is 9.36. The second-order valence-corrected chi connectivity index (χ2v) is 3.61. The molecule has 1 aromatic heterocycles. The lowest BCUT2D eigenvalue weighted by atomic mass is 10.2. The Morgan fingerprint density at radius 3 is 2.69 bits per heavy atom. The molecule has 0 atom stereocenters. The molecule has 78 valence electrons. The van der Waals surface area contributed by atoms with E-state index in [0.717, 1.165) is 11.0 Å². The van der Waals surface area contributed by atoms with Gasteiger partial charge in [-0.15, -0.1) is 0 Å². The molecule has 1 heterocycles. The molecule has 4 nitrogen and oxygen atoms in total. The molecule has 0 aliphatic rings. The largest absolute Gasteiger partial charge is 0.508 e. The Kier molecular flexibility index (Phi) is 1.71. The van der Waals surface area contributed by atoms with Crippen molar-refractivity contribution in [3.63, 3.8) is 0 Å². The van der Waals surface area contributed by atoms with Gasteiger partial charge in [0.05, 0.1) is 22.2 Å². The minimum absolute atomic E-state index is 0.185. The van der Waals surface area contributed by atoms with Gasteiger partial charge in [-0.1, -0.05) is 6.07 Å². The van der Waals surface area contributed by atoms with Crippen LogP contribution in [0.5, 0.6) is 5.75 Å². The zero-order chi connectivity index (χ0) is 11.1. The topological polar surface area (TPSA) is 72.0 Å². The molecule has 0 radical (unpaired) electrons. The lowest BCUT2D eigenvalue weighted by Gasteiger charge is -2.03. The molecule has 0 fully saturated rings. The fraction of sp³-hybridized carbons (Fsp3) is 0. The number of nitrogens with zero attached hydrogens (tertiary/aromatic N) is 2. The van der Waals surface area contributed by atoms with Gasteiger partial charge in [0.15, 0.2) is 0 Å². The number of para-hydroxylation sites is 1. The van der Waals surface area contributed by atoms with Crippen molar-refractivity contribution < 1.29 is 5.11 Å². The summed E-state index contributed by atoms with van der Waals surface area (Å²) < 4.78 is 0. The number of hydrogen-bond donors (Lipinski definition) is 2. The molecule has 0 saturated heterocycles. The number of nitrogens with two attached hydrogens (primary N) is 1. The van der Waals surface area contributed by atoms with E-state index in [-0.39, 0.29) is 5.75 Å². The first-order chi connectivity index (χ1) is 7.74. The van der Waals surface area contributed by atoms with Crippen LogP contribution in [0.3, 0.4) is 0 Å². The molecule has 0 spiro atoms. The molecule has 0 unspecified atom stereocenters. The van der Waals surface area contributed by atoms with Crippen molar-refractivity contribution in [2.24, 2.45) is 0 Å². The van der Waals surface area contributed by atoms with Crippen LogP contribution in [-0.4, -0.2) is 15.1 Å². The standard InChI is InChI=1S/C12H9N3O/c13-8-2-1-3-10-12(8)15-9-5-4-7(16)6-11(9)14-10/h1-6,16H,13H2. The molecular formula is C12H9N3O. The van der Waals surface area contributed by atoms with Crippen molar-refractivity contribution in [3.05, 3.63) is 36.4 Å². The first kappa shape index (κ1) is 8.91. The third-order valence-electron chi connectivity index (χ3n) is 2.48. The first-order valence-electron chi connectivity index (χ1n) is 4.89. The number of hydrogen-bond acceptors (Lipinski definition) is 4. The SMILES string of the molecule is Nc1cccc2nc3cc(O)ccc3nc12. The van der Waals surface area contributed by atoms with E-state index in [0.29, 0.717) is 16.7 Å². The van der Waals surface area contributed by atoms with Gasteiger partial charge in [0.1, 0.15) is 11.3 Å². The average molecular weight is 211 g/mol. The van der Waals surface area contributed by atoms with Gasteiger partial charge >= 0.3 is 0 Å². The van der Waals surface area contributed by atoms with Crippen LogP contribution in [-0.2, 0) is 0 Å². The smallest absolute Gasteiger partial charge is 0.117 e. The Balaban J connectivity index is 2.49. The highest BCUT2D eigenvalue weighted by atomic mass is 16.3. The van der Waals surface area contributed by atoms with E-state index in [9.17, 15) is 5.11 Å². The molecule has 3 rings (SSSR count). The van der Waals surface area contributed by atoms with E-state index in [1.54, 1.807) is 24.3 Å². The normalized spacial score (nSPS) is 11.0. The van der Waals surface area contributed by atoms with E-state index in [4.69, 9.17) is 5.73 Å². The van der Waals surface area contributed by atoms with E-state index >= 15 is 0 Å². The van der Waals surface area contributed by atoms with Gasteiger partial charge in [0, 0.05) is 6.07 Å². The second kappa shape index (κ2) is 3.06. The van der Waals surface area contributed by atoms with E-state index in [1.807, 2.05) is 12.1 Å². The Morgan fingerprint density at radius 2 is 1.81 bits per heavy atom. The van der Waals surface area contributed by atoms with Crippen LogP contribution >= 0.6 is 0 Å². The zero-order valence-electron chi connectivity index (χ0n) is 8.38. The first-order valence-corrected chi connectivity index (χ1v) is 4.89. The van der Waals surface area contributed by atoms with Crippen LogP contribution < -0.4 is 5.73 Å². The summed E-state index contributed by atoms with van der Waals surface area (Å²) in [6.07, 6.45) is 0. The van der Waals surface area contributed by atoms with Gasteiger partial charge in [-0.2, -0.15) is 0 Å². The number of phenolic OH excluding ortho intramolecular Hbond substituents is 1. The Bertz CT molecular complexity index is 693. The molecule has 16 heavy (non-hydrogen) atoms. The molecule has 0 bridgehead atoms. The van der Waals surface area contributed by atoms with Gasteiger partial charge in [-0.05, 0) is 24.3 Å². The Labute approximate surface area is 91.4 Å². The van der Waals surface area contributed by atoms with Crippen LogP contribution in [0.2, 0.25) is 0 Å². The number of fused-ring (bicyclic) bond motifs is 2. The number of aromatic hydroxyl groups is 1. The lowest BCUT2D eigenvalue weighted by molar-refractivity contribution is 0.476. The van der Waals surface area contributed by atoms with Crippen molar-refractivity contribution in [3.8, 4) is 5.75 Å². The number of phenols is 1. The fourth-order valence-electron chi connectivity index (χ4n) is 1.71. The fourth-order valence-corrected chi connectivity index (χ4v) is 1.71. The molecule has 3 aromatic rings. The van der Waals surface area contributed by atoms with Crippen LogP contribution in [0.25, 0.3) is 22.1 Å². The highest BCUT2D eigenvalue weighted by molar-refractivity contribution is 5.92. The van der Waals surface area contributed by atoms with Crippen molar-refractivity contribution in [1.29, 1.82) is 0 Å². The predicted molar refractivity (Wildman–Crippen MR) is 63.1 cm³/mol. The predicted octanol–water partition coefficient (Wildman–Crippen LogP) is 2.07. The summed E-state index contributed by atoms with van der Waals surface area (Å²) in [5, 5.41) is 9.36. The number of nitrogen functional groups attached to an aromatic ring is 1. The van der Waals surface area contributed by atoms with E-state index < -0.39 is 0 Å². The number of aromatic nitrogens is 2. The molecule has 0 aliphatic heterocycles. The minimum atomic E-state index is 0.185. The maximum Gasteiger partial charge on any atom is 0.117 e. The summed E-state index contributed by atoms with van der Waals surface area (Å²) >= 11 is 0. The van der Waals surface area contributed by atoms with Crippen LogP contribution in [0, 0.1) is 0 Å². The van der Waals surface area contributed by atoms with Gasteiger partial charge in [-0.25, -0.2) is 9.97 Å². The van der Waals surface area contributed by atoms with Gasteiger partial charge < -0.3 is 10.8 Å². The van der Waals surface area contributed by atoms with Crippen LogP contribution in [0.1, 0.15) is 0 Å². The molecule has 4 heteroatoms. The summed E-state index contributed by atoms with van der Waals surface area (Å²) in [6.45, 7) is 0. The van der Waals surface area contributed by atoms with Crippen LogP contribution in [0.15, 0.2) is 36.4 Å². The highest BCUT2D eigenvalue weighted by Gasteiger charge is 2.04. The van der Waals surface area contributed by atoms with Crippen molar-refractivity contribution in [2.75, 3.05) is 5.73 Å². The maximum absolute atomic E-state index is 9.36. The Hall–Kier alpha value is -2.36. The third-order valence-corrected chi connectivity index (χ3v) is 2.48. The lowest BCUT2D eigenvalue weighted by Crippen LogP contribution is -1.92. The average Bonchev–Trinajstić information content (AvgIpc) is 2.27. The van der Waals surface area contributed by atoms with Crippen molar-refractivity contribution in [2.45, 2.75) is 0 Å². The van der Waals surface area contributed by atoms with Crippen molar-refractivity contribution in [1.82, 2.24) is 9.97 Å². The molecule has 3 N–H and O–H groups in total. The third kappa shape index (κ3) is 1.24. The second-order valence-electron chi connectivity index (χ2n) is 3.61. The molecule has 0 saturated carbocycles. The van der Waals surface area contributed by atoms with Crippen molar-refractivity contribution >= 4 is 27.8 Å². The van der Waals surface area contributed by atoms with E-state index in [1.165, 1.54) is 0 Å². The quantitative estimate of drug-likeness (QED) is 0.441. The summed E-state index contributed by atoms with van der Waals surface area (Å²) in [7, 11) is 0. The summed E-state index contributed by atoms with van der Waals surface area (Å²) in [4.78, 5) is 8.82. The number of benzene rings is 2. The molecular weight excluding hydrogens is 202 g/mol. The van der Waals surface area contributed by atoms with E-state index in [2.05, 4.69) is 9.97 Å². The molecule has 0 aliphatic carbocycles. The van der Waals surface area contributed by atoms with Crippen LogP contribution in [0.4, 0.5) is 5.69 Å². The number of anilines is 1. The van der Waals surface area contributed by atoms with Gasteiger partial charge in [0.2, 0.25) is 0 Å².